The van der Waals surface area contributed by atoms with Gasteiger partial charge in [0.15, 0.2) is 0 Å². The summed E-state index contributed by atoms with van der Waals surface area (Å²) in [7, 11) is 0. The number of hydrogen-bond acceptors (Lipinski definition) is 6. The summed E-state index contributed by atoms with van der Waals surface area (Å²) >= 11 is 0. The Bertz CT molecular complexity index is 1220. The Morgan fingerprint density at radius 3 is 2.79 bits per heavy atom. The van der Waals surface area contributed by atoms with Crippen molar-refractivity contribution < 1.29 is 14.3 Å². The maximum atomic E-state index is 14.1. The van der Waals surface area contributed by atoms with E-state index in [1.54, 1.807) is 16.7 Å². The first kappa shape index (κ1) is 22.7. The molecular formula is C24H27FN6O2. The summed E-state index contributed by atoms with van der Waals surface area (Å²) in [6, 6.07) is 7.62. The molecule has 1 aliphatic carbocycles. The van der Waals surface area contributed by atoms with Gasteiger partial charge < -0.3 is 15.7 Å². The van der Waals surface area contributed by atoms with Gasteiger partial charge in [-0.1, -0.05) is 0 Å². The number of carbonyl (C=O) groups excluding carboxylic acids is 1. The monoisotopic (exact) mass is 450 g/mol. The summed E-state index contributed by atoms with van der Waals surface area (Å²) in [4.78, 5) is 21.7. The topological polar surface area (TPSA) is 116 Å². The number of nitrogens with one attached hydrogen (secondary N) is 2. The molecule has 0 saturated heterocycles. The van der Waals surface area contributed by atoms with Gasteiger partial charge in [0.25, 0.3) is 5.91 Å². The zero-order chi connectivity index (χ0) is 23.8. The van der Waals surface area contributed by atoms with Crippen LogP contribution in [0.1, 0.15) is 49.5 Å². The van der Waals surface area contributed by atoms with Gasteiger partial charge >= 0.3 is 0 Å². The fraction of sp³-hybridized carbons (Fsp3) is 0.417. The minimum atomic E-state index is -1.61. The van der Waals surface area contributed by atoms with E-state index in [9.17, 15) is 14.3 Å². The summed E-state index contributed by atoms with van der Waals surface area (Å²) in [6.07, 6.45) is 5.44. The molecule has 3 aromatic rings. The maximum Gasteiger partial charge on any atom is 0.255 e. The molecule has 3 aromatic heterocycles. The number of halogens is 1. The van der Waals surface area contributed by atoms with Gasteiger partial charge in [-0.25, -0.2) is 14.4 Å². The van der Waals surface area contributed by atoms with E-state index in [-0.39, 0.29) is 12.6 Å². The number of rotatable bonds is 8. The second kappa shape index (κ2) is 8.79. The lowest BCUT2D eigenvalue weighted by Gasteiger charge is -2.23. The molecule has 0 aliphatic heterocycles. The highest BCUT2D eigenvalue weighted by Gasteiger charge is 2.30. The molecule has 1 fully saturated rings. The molecule has 0 bridgehead atoms. The molecule has 172 valence electrons. The number of pyridine rings is 2. The van der Waals surface area contributed by atoms with Crippen LogP contribution in [-0.2, 0) is 0 Å². The minimum Gasteiger partial charge on any atom is -0.387 e. The number of fused-ring (bicyclic) bond motifs is 1. The van der Waals surface area contributed by atoms with Crippen LogP contribution in [-0.4, -0.2) is 49.9 Å². The lowest BCUT2D eigenvalue weighted by molar-refractivity contribution is -0.00177. The van der Waals surface area contributed by atoms with Gasteiger partial charge in [0.1, 0.15) is 23.7 Å². The van der Waals surface area contributed by atoms with Crippen molar-refractivity contribution in [1.29, 1.82) is 5.26 Å². The van der Waals surface area contributed by atoms with Crippen molar-refractivity contribution in [3.8, 4) is 11.9 Å². The molecule has 33 heavy (non-hydrogen) atoms. The zero-order valence-corrected chi connectivity index (χ0v) is 18.8. The van der Waals surface area contributed by atoms with E-state index in [1.165, 1.54) is 26.2 Å². The molecule has 2 atom stereocenters. The van der Waals surface area contributed by atoms with Crippen molar-refractivity contribution >= 4 is 22.6 Å². The van der Waals surface area contributed by atoms with E-state index in [0.29, 0.717) is 34.2 Å². The standard InChI is InChI=1S/C24H27FN6O2/c1-14(16-4-5-16)30-19-9-21(31-7-6-17-8-15(10-26)11-28-22(17)31)27-12-18(19)23(32)29-13-20(25)24(2,3)33/h6-9,11-12,14,16,20,33H,4-5,13H2,1-3H3,(H,27,30)(H,29,32)/t14-,20?/m0/s1. The highest BCUT2D eigenvalue weighted by atomic mass is 19.1. The average Bonchev–Trinajstić information content (AvgIpc) is 3.55. The number of carbonyl (C=O) groups is 1. The highest BCUT2D eigenvalue weighted by molar-refractivity contribution is 5.99. The van der Waals surface area contributed by atoms with Gasteiger partial charge in [0.05, 0.1) is 29.0 Å². The van der Waals surface area contributed by atoms with E-state index in [1.807, 2.05) is 12.3 Å². The number of alkyl halides is 1. The van der Waals surface area contributed by atoms with Gasteiger partial charge in [-0.15, -0.1) is 0 Å². The van der Waals surface area contributed by atoms with Crippen molar-refractivity contribution in [2.45, 2.75) is 51.4 Å². The van der Waals surface area contributed by atoms with Crippen LogP contribution < -0.4 is 10.6 Å². The Hall–Kier alpha value is -3.51. The van der Waals surface area contributed by atoms with Gasteiger partial charge in [-0.3, -0.25) is 9.36 Å². The third kappa shape index (κ3) is 4.96. The summed E-state index contributed by atoms with van der Waals surface area (Å²) in [5.74, 6) is 0.631. The highest BCUT2D eigenvalue weighted by Crippen LogP contribution is 2.35. The fourth-order valence-electron chi connectivity index (χ4n) is 3.63. The van der Waals surface area contributed by atoms with E-state index in [2.05, 4.69) is 33.6 Å². The van der Waals surface area contributed by atoms with Crippen LogP contribution in [0.4, 0.5) is 10.1 Å². The summed E-state index contributed by atoms with van der Waals surface area (Å²) < 4.78 is 15.9. The van der Waals surface area contributed by atoms with Crippen LogP contribution >= 0.6 is 0 Å². The van der Waals surface area contributed by atoms with E-state index < -0.39 is 17.7 Å². The van der Waals surface area contributed by atoms with Crippen molar-refractivity contribution in [3.05, 3.63) is 47.9 Å². The molecule has 0 radical (unpaired) electrons. The number of aliphatic hydroxyl groups is 1. The lowest BCUT2D eigenvalue weighted by atomic mass is 10.0. The largest absolute Gasteiger partial charge is 0.387 e. The van der Waals surface area contributed by atoms with Crippen LogP contribution in [0.2, 0.25) is 0 Å². The van der Waals surface area contributed by atoms with Crippen LogP contribution in [0, 0.1) is 17.2 Å². The quantitative estimate of drug-likeness (QED) is 0.485. The Morgan fingerprint density at radius 1 is 1.36 bits per heavy atom. The van der Waals surface area contributed by atoms with Crippen LogP contribution in [0.5, 0.6) is 0 Å². The second-order valence-corrected chi connectivity index (χ2v) is 9.12. The Balaban J connectivity index is 1.65. The molecule has 4 rings (SSSR count). The average molecular weight is 451 g/mol. The molecule has 3 heterocycles. The predicted molar refractivity (Wildman–Crippen MR) is 123 cm³/mol. The second-order valence-electron chi connectivity index (χ2n) is 9.12. The van der Waals surface area contributed by atoms with Gasteiger partial charge in [-0.2, -0.15) is 5.26 Å². The van der Waals surface area contributed by atoms with Crippen molar-refractivity contribution in [2.24, 2.45) is 5.92 Å². The number of hydrogen-bond donors (Lipinski definition) is 3. The van der Waals surface area contributed by atoms with Crippen molar-refractivity contribution in [1.82, 2.24) is 19.9 Å². The maximum absolute atomic E-state index is 14.1. The summed E-state index contributed by atoms with van der Waals surface area (Å²) in [5.41, 5.74) is 0.449. The molecule has 3 N–H and O–H groups in total. The molecule has 1 amide bonds. The summed E-state index contributed by atoms with van der Waals surface area (Å²) in [6.45, 7) is 4.48. The number of amides is 1. The SMILES string of the molecule is C[C@H](Nc1cc(-n2ccc3cc(C#N)cnc32)ncc1C(=O)NCC(F)C(C)(C)O)C1CC1. The number of anilines is 1. The van der Waals surface area contributed by atoms with E-state index in [0.717, 1.165) is 18.2 Å². The van der Waals surface area contributed by atoms with Gasteiger partial charge in [0.2, 0.25) is 0 Å². The summed E-state index contributed by atoms with van der Waals surface area (Å²) in [5, 5.41) is 25.7. The van der Waals surface area contributed by atoms with Crippen molar-refractivity contribution in [2.75, 3.05) is 11.9 Å². The number of nitrogens with zero attached hydrogens (tertiary/aromatic N) is 4. The Kier molecular flexibility index (Phi) is 6.04. The van der Waals surface area contributed by atoms with E-state index >= 15 is 0 Å². The first-order valence-electron chi connectivity index (χ1n) is 11.0. The normalized spacial score (nSPS) is 15.6. The molecule has 8 nitrogen and oxygen atoms in total. The Morgan fingerprint density at radius 2 is 2.12 bits per heavy atom. The predicted octanol–water partition coefficient (Wildman–Crippen LogP) is 3.34. The zero-order valence-electron chi connectivity index (χ0n) is 18.8. The molecule has 9 heteroatoms. The van der Waals surface area contributed by atoms with Gasteiger partial charge in [-0.05, 0) is 51.7 Å². The Labute approximate surface area is 191 Å². The third-order valence-electron chi connectivity index (χ3n) is 5.96. The minimum absolute atomic E-state index is 0.162. The molecule has 0 aromatic carbocycles. The number of aromatic nitrogens is 3. The van der Waals surface area contributed by atoms with E-state index in [4.69, 9.17) is 5.26 Å². The molecule has 1 unspecified atom stereocenters. The van der Waals surface area contributed by atoms with Crippen molar-refractivity contribution in [3.63, 3.8) is 0 Å². The lowest BCUT2D eigenvalue weighted by Crippen LogP contribution is -2.42. The van der Waals surface area contributed by atoms with Crippen LogP contribution in [0.3, 0.4) is 0 Å². The van der Waals surface area contributed by atoms with Crippen LogP contribution in [0.15, 0.2) is 36.8 Å². The fourth-order valence-corrected chi connectivity index (χ4v) is 3.63. The van der Waals surface area contributed by atoms with Crippen LogP contribution in [0.25, 0.3) is 16.9 Å². The molecular weight excluding hydrogens is 423 g/mol. The molecule has 1 saturated carbocycles. The smallest absolute Gasteiger partial charge is 0.255 e. The molecule has 1 aliphatic rings. The van der Waals surface area contributed by atoms with Gasteiger partial charge in [0, 0.05) is 36.1 Å². The third-order valence-corrected chi connectivity index (χ3v) is 5.96. The first-order valence-corrected chi connectivity index (χ1v) is 11.0. The first-order chi connectivity index (χ1) is 15.7. The molecule has 0 spiro atoms. The number of nitriles is 1.